The van der Waals surface area contributed by atoms with Crippen LogP contribution in [0.25, 0.3) is 0 Å². The maximum Gasteiger partial charge on any atom is 0.333 e. The molecule has 0 heterocycles. The molecule has 0 aromatic heterocycles. The van der Waals surface area contributed by atoms with Gasteiger partial charge < -0.3 is 20.3 Å². The molecule has 0 saturated carbocycles. The van der Waals surface area contributed by atoms with Crippen LogP contribution in [0.5, 0.6) is 0 Å². The molecule has 0 fully saturated rings. The van der Waals surface area contributed by atoms with Gasteiger partial charge >= 0.3 is 5.97 Å². The van der Waals surface area contributed by atoms with E-state index in [9.17, 15) is 14.4 Å². The van der Waals surface area contributed by atoms with Crippen molar-refractivity contribution in [1.82, 2.24) is 15.5 Å². The second-order valence-electron chi connectivity index (χ2n) is 10.9. The van der Waals surface area contributed by atoms with E-state index in [1.165, 1.54) is 11.3 Å². The lowest BCUT2D eigenvalue weighted by Crippen LogP contribution is -2.60. The van der Waals surface area contributed by atoms with Crippen LogP contribution >= 0.6 is 30.1 Å². The summed E-state index contributed by atoms with van der Waals surface area (Å²) in [4.78, 5) is 40.4. The van der Waals surface area contributed by atoms with Gasteiger partial charge in [-0.3, -0.25) is 9.59 Å². The molecule has 0 spiro atoms. The molecule has 0 aliphatic carbocycles. The Labute approximate surface area is 246 Å². The first-order chi connectivity index (χ1) is 17.7. The lowest BCUT2D eigenvalue weighted by atomic mass is 9.76. The molecular weight excluding hydrogens is 613 g/mol. The highest BCUT2D eigenvalue weighted by molar-refractivity contribution is 14.2. The van der Waals surface area contributed by atoms with Gasteiger partial charge in [-0.05, 0) is 46.2 Å². The van der Waals surface area contributed by atoms with Crippen molar-refractivity contribution in [1.29, 1.82) is 0 Å². The van der Waals surface area contributed by atoms with Crippen molar-refractivity contribution in [2.45, 2.75) is 79.3 Å². The van der Waals surface area contributed by atoms with Crippen molar-refractivity contribution in [2.75, 3.05) is 33.0 Å². The van der Waals surface area contributed by atoms with Crippen molar-refractivity contribution in [3.8, 4) is 0 Å². The molecule has 1 aromatic rings. The third-order valence-electron chi connectivity index (χ3n) is 5.95. The smallest absolute Gasteiger partial charge is 0.333 e. The van der Waals surface area contributed by atoms with E-state index in [0.29, 0.717) is 12.2 Å². The molecule has 0 bridgehead atoms. The first-order valence-corrected chi connectivity index (χ1v) is 16.6. The van der Waals surface area contributed by atoms with Crippen LogP contribution in [0.2, 0.25) is 0 Å². The number of nitrogens with one attached hydrogen (secondary N) is 2. The first-order valence-electron chi connectivity index (χ1n) is 13.0. The molecule has 0 saturated heterocycles. The number of halogens is 1. The second-order valence-corrected chi connectivity index (χ2v) is 13.4. The van der Waals surface area contributed by atoms with Crippen LogP contribution in [0.3, 0.4) is 0 Å². The lowest BCUT2D eigenvalue weighted by Gasteiger charge is -2.38. The first kappa shape index (κ1) is 36.4. The minimum Gasteiger partial charge on any atom is -0.461 e. The Kier molecular flexibility index (Phi) is 17.1. The summed E-state index contributed by atoms with van der Waals surface area (Å²) in [5, 5.41) is 6.14. The van der Waals surface area contributed by atoms with Gasteiger partial charge in [0.15, 0.2) is 0 Å². The van der Waals surface area contributed by atoms with Gasteiger partial charge in [-0.15, -0.1) is 0 Å². The quantitative estimate of drug-likeness (QED) is 0.133. The Morgan fingerprint density at radius 3 is 2.11 bits per heavy atom. The lowest BCUT2D eigenvalue weighted by molar-refractivity contribution is -0.139. The zero-order valence-electron chi connectivity index (χ0n) is 24.8. The molecule has 0 aliphatic rings. The van der Waals surface area contributed by atoms with Crippen LogP contribution in [0.4, 0.5) is 0 Å². The molecular formula is C29H48IN3O4S. The number of nitrogens with zero attached hydrogens (tertiary/aromatic N) is 1. The van der Waals surface area contributed by atoms with Crippen LogP contribution in [0, 0.1) is 5.41 Å². The van der Waals surface area contributed by atoms with Crippen LogP contribution < -0.4 is 10.6 Å². The van der Waals surface area contributed by atoms with Crippen molar-refractivity contribution >= 4 is 47.9 Å². The maximum absolute atomic E-state index is 13.4. The van der Waals surface area contributed by atoms with Crippen LogP contribution in [0.1, 0.15) is 67.4 Å². The number of esters is 1. The molecule has 7 nitrogen and oxygen atoms in total. The Bertz CT molecular complexity index is 901. The molecule has 1 rings (SSSR count). The SMILES string of the molecule is CCC.CNC(C(=O)NC(C(=O)N(C)C/C=C(\C)C(=O)OCCSI)C(C)(C)C)C(C)(C)c1ccccc1. The van der Waals surface area contributed by atoms with Crippen molar-refractivity contribution in [2.24, 2.45) is 5.41 Å². The van der Waals surface area contributed by atoms with Crippen molar-refractivity contribution in [3.63, 3.8) is 0 Å². The van der Waals surface area contributed by atoms with Gasteiger partial charge in [-0.2, -0.15) is 0 Å². The van der Waals surface area contributed by atoms with E-state index in [2.05, 4.69) is 45.7 Å². The Hall–Kier alpha value is -1.59. The van der Waals surface area contributed by atoms with Gasteiger partial charge in [-0.1, -0.05) is 100 Å². The van der Waals surface area contributed by atoms with Gasteiger partial charge in [0, 0.05) is 30.3 Å². The largest absolute Gasteiger partial charge is 0.461 e. The van der Waals surface area contributed by atoms with Crippen molar-refractivity contribution < 1.29 is 19.1 Å². The predicted molar refractivity (Wildman–Crippen MR) is 168 cm³/mol. The summed E-state index contributed by atoms with van der Waals surface area (Å²) in [6.07, 6.45) is 2.92. The number of rotatable bonds is 12. The van der Waals surface area contributed by atoms with Crippen LogP contribution in [0.15, 0.2) is 42.0 Å². The zero-order valence-corrected chi connectivity index (χ0v) is 27.8. The van der Waals surface area contributed by atoms with Crippen molar-refractivity contribution in [3.05, 3.63) is 47.5 Å². The Balaban J connectivity index is 0.00000434. The fourth-order valence-electron chi connectivity index (χ4n) is 3.68. The second kappa shape index (κ2) is 17.9. The number of hydrogen-bond donors (Lipinski definition) is 2. The highest BCUT2D eigenvalue weighted by Crippen LogP contribution is 2.28. The topological polar surface area (TPSA) is 87.7 Å². The van der Waals surface area contributed by atoms with Crippen LogP contribution in [-0.2, 0) is 24.5 Å². The number of amides is 2. The average molecular weight is 662 g/mol. The minimum atomic E-state index is -0.747. The maximum atomic E-state index is 13.4. The number of carbonyl (C=O) groups is 3. The fourth-order valence-corrected chi connectivity index (χ4v) is 4.36. The summed E-state index contributed by atoms with van der Waals surface area (Å²) in [5.74, 6) is -0.139. The molecule has 1 aromatic carbocycles. The van der Waals surface area contributed by atoms with Crippen LogP contribution in [-0.4, -0.2) is 67.8 Å². The molecule has 216 valence electrons. The molecule has 2 amide bonds. The molecule has 2 N–H and O–H groups in total. The minimum absolute atomic E-state index is 0.225. The average Bonchev–Trinajstić information content (AvgIpc) is 2.85. The normalized spacial score (nSPS) is 13.5. The summed E-state index contributed by atoms with van der Waals surface area (Å²) < 4.78 is 5.20. The fraction of sp³-hybridized carbons (Fsp3) is 0.621. The van der Waals surface area contributed by atoms with Gasteiger partial charge in [0.2, 0.25) is 11.8 Å². The summed E-state index contributed by atoms with van der Waals surface area (Å²) in [6, 6.07) is 8.54. The number of likely N-dealkylation sites (N-methyl/N-ethyl adjacent to an activating group) is 2. The number of benzene rings is 1. The monoisotopic (exact) mass is 661 g/mol. The molecule has 2 unspecified atom stereocenters. The molecule has 0 radical (unpaired) electrons. The summed E-state index contributed by atoms with van der Waals surface area (Å²) in [5.41, 5.74) is 0.438. The van der Waals surface area contributed by atoms with E-state index in [1.807, 2.05) is 65.0 Å². The van der Waals surface area contributed by atoms with Gasteiger partial charge in [-0.25, -0.2) is 4.79 Å². The predicted octanol–water partition coefficient (Wildman–Crippen LogP) is 5.53. The van der Waals surface area contributed by atoms with E-state index in [1.54, 1.807) is 36.0 Å². The zero-order chi connectivity index (χ0) is 29.5. The molecule has 2 atom stereocenters. The number of carbonyl (C=O) groups excluding carboxylic acids is 3. The van der Waals surface area contributed by atoms with Gasteiger partial charge in [0.1, 0.15) is 12.6 Å². The van der Waals surface area contributed by atoms with E-state index in [-0.39, 0.29) is 18.4 Å². The molecule has 38 heavy (non-hydrogen) atoms. The standard InChI is InChI=1S/C26H40IN3O4S.C3H8/c1-18(24(33)34-16-17-35-27)14-15-30(8)23(32)21(25(2,3)4)29-22(31)20(28-7)26(5,6)19-12-10-9-11-13-19;1-3-2/h9-14,20-21,28H,15-17H2,1-8H3,(H,29,31);3H2,1-2H3/b18-14+;. The molecule has 9 heteroatoms. The third kappa shape index (κ3) is 12.1. The Morgan fingerprint density at radius 2 is 1.63 bits per heavy atom. The van der Waals surface area contributed by atoms with Gasteiger partial charge in [0.05, 0.1) is 6.04 Å². The van der Waals surface area contributed by atoms with E-state index >= 15 is 0 Å². The van der Waals surface area contributed by atoms with E-state index < -0.39 is 28.9 Å². The summed E-state index contributed by atoms with van der Waals surface area (Å²) in [7, 11) is 4.99. The third-order valence-corrected chi connectivity index (χ3v) is 7.60. The van der Waals surface area contributed by atoms with E-state index in [0.717, 1.165) is 11.3 Å². The number of ether oxygens (including phenoxy) is 1. The summed E-state index contributed by atoms with van der Waals surface area (Å²) >= 11 is 2.15. The highest BCUT2D eigenvalue weighted by Gasteiger charge is 2.40. The summed E-state index contributed by atoms with van der Waals surface area (Å²) in [6.45, 7) is 16.3. The highest BCUT2D eigenvalue weighted by atomic mass is 127. The van der Waals surface area contributed by atoms with Gasteiger partial charge in [0.25, 0.3) is 0 Å². The van der Waals surface area contributed by atoms with E-state index in [4.69, 9.17) is 4.74 Å². The molecule has 0 aliphatic heterocycles. The Morgan fingerprint density at radius 1 is 1.08 bits per heavy atom. The number of hydrogen-bond acceptors (Lipinski definition) is 6.